The summed E-state index contributed by atoms with van der Waals surface area (Å²) in [4.78, 5) is 0. The van der Waals surface area contributed by atoms with Crippen molar-refractivity contribution in [3.63, 3.8) is 0 Å². The monoisotopic (exact) mass is 229 g/mol. The molecule has 0 spiro atoms. The second kappa shape index (κ2) is 11.4. The zero-order valence-electron chi connectivity index (χ0n) is 11.5. The van der Waals surface area contributed by atoms with Crippen LogP contribution in [-0.2, 0) is 0 Å². The lowest BCUT2D eigenvalue weighted by atomic mass is 10.1. The highest BCUT2D eigenvalue weighted by molar-refractivity contribution is 4.61. The number of hydrogen-bond donors (Lipinski definition) is 2. The maximum Gasteiger partial charge on any atom is 0.0512 e. The average Bonchev–Trinajstić information content (AvgIpc) is 2.24. The molecule has 0 rings (SSSR count). The molecule has 98 valence electrons. The van der Waals surface area contributed by atoms with Crippen molar-refractivity contribution in [2.45, 2.75) is 84.3 Å². The Labute approximate surface area is 102 Å². The van der Waals surface area contributed by atoms with Crippen LogP contribution in [-0.4, -0.2) is 23.8 Å². The van der Waals surface area contributed by atoms with E-state index in [0.29, 0.717) is 6.04 Å². The van der Waals surface area contributed by atoms with Crippen LogP contribution < -0.4 is 5.32 Å². The lowest BCUT2D eigenvalue weighted by molar-refractivity contribution is 0.181. The van der Waals surface area contributed by atoms with Crippen molar-refractivity contribution < 1.29 is 5.11 Å². The minimum absolute atomic E-state index is 0.147. The van der Waals surface area contributed by atoms with E-state index in [9.17, 15) is 0 Å². The zero-order chi connectivity index (χ0) is 12.2. The minimum atomic E-state index is -0.147. The molecule has 2 N–H and O–H groups in total. The van der Waals surface area contributed by atoms with Gasteiger partial charge >= 0.3 is 0 Å². The quantitative estimate of drug-likeness (QED) is 0.532. The number of aliphatic hydroxyl groups is 1. The molecule has 0 saturated carbocycles. The second-order valence-corrected chi connectivity index (χ2v) is 5.05. The summed E-state index contributed by atoms with van der Waals surface area (Å²) in [5.41, 5.74) is 0. The third-order valence-electron chi connectivity index (χ3n) is 3.03. The fourth-order valence-electron chi connectivity index (χ4n) is 1.90. The summed E-state index contributed by atoms with van der Waals surface area (Å²) >= 11 is 0. The van der Waals surface area contributed by atoms with Gasteiger partial charge in [-0.2, -0.15) is 0 Å². The summed E-state index contributed by atoms with van der Waals surface area (Å²) < 4.78 is 0. The van der Waals surface area contributed by atoms with Gasteiger partial charge in [0.15, 0.2) is 0 Å². The lowest BCUT2D eigenvalue weighted by Crippen LogP contribution is -2.27. The number of aliphatic hydroxyl groups excluding tert-OH is 1. The SMILES string of the molecule is CCCCCCCC(C)NCCCC(C)O. The van der Waals surface area contributed by atoms with Crippen LogP contribution in [0.5, 0.6) is 0 Å². The number of hydrogen-bond acceptors (Lipinski definition) is 2. The third kappa shape index (κ3) is 12.0. The van der Waals surface area contributed by atoms with Gasteiger partial charge in [0.05, 0.1) is 6.10 Å². The van der Waals surface area contributed by atoms with Crippen molar-refractivity contribution in [2.75, 3.05) is 6.54 Å². The van der Waals surface area contributed by atoms with E-state index in [1.807, 2.05) is 6.92 Å². The molecular formula is C14H31NO. The Morgan fingerprint density at radius 2 is 1.62 bits per heavy atom. The van der Waals surface area contributed by atoms with Crippen molar-refractivity contribution in [1.82, 2.24) is 5.32 Å². The third-order valence-corrected chi connectivity index (χ3v) is 3.03. The van der Waals surface area contributed by atoms with Crippen molar-refractivity contribution in [2.24, 2.45) is 0 Å². The van der Waals surface area contributed by atoms with Gasteiger partial charge in [-0.3, -0.25) is 0 Å². The number of nitrogens with one attached hydrogen (secondary N) is 1. The van der Waals surface area contributed by atoms with Crippen LogP contribution in [0, 0.1) is 0 Å². The van der Waals surface area contributed by atoms with E-state index in [4.69, 9.17) is 5.11 Å². The van der Waals surface area contributed by atoms with Gasteiger partial charge in [-0.05, 0) is 39.7 Å². The summed E-state index contributed by atoms with van der Waals surface area (Å²) in [6, 6.07) is 0.635. The Morgan fingerprint density at radius 1 is 0.938 bits per heavy atom. The van der Waals surface area contributed by atoms with E-state index in [1.54, 1.807) is 0 Å². The van der Waals surface area contributed by atoms with Gasteiger partial charge in [0, 0.05) is 6.04 Å². The highest BCUT2D eigenvalue weighted by atomic mass is 16.3. The molecule has 2 heteroatoms. The van der Waals surface area contributed by atoms with Crippen molar-refractivity contribution in [3.8, 4) is 0 Å². The molecule has 0 aromatic carbocycles. The molecule has 0 bridgehead atoms. The molecule has 2 nitrogen and oxygen atoms in total. The van der Waals surface area contributed by atoms with Gasteiger partial charge in [0.25, 0.3) is 0 Å². The molecular weight excluding hydrogens is 198 g/mol. The molecule has 0 aliphatic carbocycles. The van der Waals surface area contributed by atoms with E-state index >= 15 is 0 Å². The van der Waals surface area contributed by atoms with Crippen LogP contribution in [0.25, 0.3) is 0 Å². The summed E-state index contributed by atoms with van der Waals surface area (Å²) in [7, 11) is 0. The molecule has 0 saturated heterocycles. The molecule has 0 aliphatic rings. The van der Waals surface area contributed by atoms with Crippen LogP contribution in [0.4, 0.5) is 0 Å². The summed E-state index contributed by atoms with van der Waals surface area (Å²) in [5.74, 6) is 0. The first-order chi connectivity index (χ1) is 7.66. The Bertz CT molecular complexity index is 137. The summed E-state index contributed by atoms with van der Waals surface area (Å²) in [6.45, 7) is 7.42. The second-order valence-electron chi connectivity index (χ2n) is 5.05. The van der Waals surface area contributed by atoms with Crippen LogP contribution in [0.15, 0.2) is 0 Å². The van der Waals surface area contributed by atoms with E-state index in [-0.39, 0.29) is 6.10 Å². The molecule has 0 aliphatic heterocycles. The fraction of sp³-hybridized carbons (Fsp3) is 1.00. The first-order valence-electron chi connectivity index (χ1n) is 7.08. The Balaban J connectivity index is 3.15. The van der Waals surface area contributed by atoms with Crippen molar-refractivity contribution in [1.29, 1.82) is 0 Å². The Morgan fingerprint density at radius 3 is 2.25 bits per heavy atom. The molecule has 0 fully saturated rings. The highest BCUT2D eigenvalue weighted by Gasteiger charge is 2.01. The Kier molecular flexibility index (Phi) is 11.3. The number of unbranched alkanes of at least 4 members (excludes halogenated alkanes) is 4. The molecule has 0 amide bonds. The van der Waals surface area contributed by atoms with Gasteiger partial charge in [-0.1, -0.05) is 39.0 Å². The van der Waals surface area contributed by atoms with E-state index in [2.05, 4.69) is 19.2 Å². The predicted molar refractivity (Wildman–Crippen MR) is 71.8 cm³/mol. The van der Waals surface area contributed by atoms with E-state index in [1.165, 1.54) is 38.5 Å². The fourth-order valence-corrected chi connectivity index (χ4v) is 1.90. The van der Waals surface area contributed by atoms with Crippen LogP contribution in [0.1, 0.15) is 72.1 Å². The lowest BCUT2D eigenvalue weighted by Gasteiger charge is -2.13. The first-order valence-corrected chi connectivity index (χ1v) is 7.08. The molecule has 0 aromatic heterocycles. The van der Waals surface area contributed by atoms with Gasteiger partial charge in [-0.15, -0.1) is 0 Å². The van der Waals surface area contributed by atoms with Gasteiger partial charge < -0.3 is 10.4 Å². The first kappa shape index (κ1) is 15.9. The van der Waals surface area contributed by atoms with Crippen LogP contribution in [0.3, 0.4) is 0 Å². The van der Waals surface area contributed by atoms with Gasteiger partial charge in [0.2, 0.25) is 0 Å². The van der Waals surface area contributed by atoms with E-state index in [0.717, 1.165) is 19.4 Å². The van der Waals surface area contributed by atoms with Gasteiger partial charge in [0.1, 0.15) is 0 Å². The van der Waals surface area contributed by atoms with Crippen molar-refractivity contribution in [3.05, 3.63) is 0 Å². The largest absolute Gasteiger partial charge is 0.393 e. The standard InChI is InChI=1S/C14H31NO/c1-4-5-6-7-8-10-13(2)15-12-9-11-14(3)16/h13-16H,4-12H2,1-3H3. The normalized spacial score (nSPS) is 15.0. The smallest absolute Gasteiger partial charge is 0.0512 e. The number of rotatable bonds is 11. The predicted octanol–water partition coefficient (Wildman–Crippen LogP) is 3.49. The molecule has 16 heavy (non-hydrogen) atoms. The molecule has 2 atom stereocenters. The topological polar surface area (TPSA) is 32.3 Å². The zero-order valence-corrected chi connectivity index (χ0v) is 11.5. The van der Waals surface area contributed by atoms with Gasteiger partial charge in [-0.25, -0.2) is 0 Å². The van der Waals surface area contributed by atoms with Crippen molar-refractivity contribution >= 4 is 0 Å². The minimum Gasteiger partial charge on any atom is -0.393 e. The van der Waals surface area contributed by atoms with E-state index < -0.39 is 0 Å². The van der Waals surface area contributed by atoms with Crippen LogP contribution >= 0.6 is 0 Å². The summed E-state index contributed by atoms with van der Waals surface area (Å²) in [6.07, 6.45) is 9.98. The highest BCUT2D eigenvalue weighted by Crippen LogP contribution is 2.07. The maximum atomic E-state index is 9.11. The molecule has 2 unspecified atom stereocenters. The molecule has 0 aromatic rings. The molecule has 0 radical (unpaired) electrons. The molecule has 0 heterocycles. The van der Waals surface area contributed by atoms with Crippen LogP contribution in [0.2, 0.25) is 0 Å². The summed E-state index contributed by atoms with van der Waals surface area (Å²) in [5, 5.41) is 12.6. The average molecular weight is 229 g/mol. The maximum absolute atomic E-state index is 9.11. The Hall–Kier alpha value is -0.0800.